The van der Waals surface area contributed by atoms with Crippen molar-refractivity contribution in [2.24, 2.45) is 5.73 Å². The molecule has 2 aromatic rings. The molecule has 1 aliphatic rings. The Hall–Kier alpha value is -1.20. The lowest BCUT2D eigenvalue weighted by Gasteiger charge is -2.21. The van der Waals surface area contributed by atoms with Crippen LogP contribution in [-0.2, 0) is 5.41 Å². The molecule has 0 amide bonds. The lowest BCUT2D eigenvalue weighted by molar-refractivity contribution is 0.284. The van der Waals surface area contributed by atoms with Crippen LogP contribution in [0.5, 0.6) is 0 Å². The minimum Gasteiger partial charge on any atom is -0.338 e. The van der Waals surface area contributed by atoms with E-state index in [4.69, 9.17) is 10.3 Å². The number of rotatable bonds is 3. The van der Waals surface area contributed by atoms with Gasteiger partial charge in [-0.25, -0.2) is 0 Å². The van der Waals surface area contributed by atoms with Gasteiger partial charge in [0.1, 0.15) is 0 Å². The molecule has 0 aliphatic heterocycles. The first-order valence-electron chi connectivity index (χ1n) is 5.92. The Morgan fingerprint density at radius 1 is 1.41 bits per heavy atom. The molecule has 1 aliphatic carbocycles. The molecule has 1 saturated carbocycles. The smallest absolute Gasteiger partial charge is 0.234 e. The van der Waals surface area contributed by atoms with Crippen LogP contribution in [0.1, 0.15) is 31.6 Å². The quantitative estimate of drug-likeness (QED) is 0.908. The second kappa shape index (κ2) is 4.23. The zero-order valence-electron chi connectivity index (χ0n) is 9.56. The van der Waals surface area contributed by atoms with E-state index in [0.717, 1.165) is 23.6 Å². The molecule has 2 heterocycles. The second-order valence-corrected chi connectivity index (χ2v) is 5.54. The highest BCUT2D eigenvalue weighted by molar-refractivity contribution is 7.13. The van der Waals surface area contributed by atoms with Crippen molar-refractivity contribution in [2.75, 3.05) is 6.54 Å². The maximum Gasteiger partial charge on any atom is 0.234 e. The van der Waals surface area contributed by atoms with Gasteiger partial charge >= 0.3 is 0 Å². The Balaban J connectivity index is 1.94. The maximum absolute atomic E-state index is 5.90. The van der Waals surface area contributed by atoms with Crippen LogP contribution in [0, 0.1) is 0 Å². The molecule has 0 unspecified atom stereocenters. The van der Waals surface area contributed by atoms with Crippen LogP contribution in [-0.4, -0.2) is 16.7 Å². The Labute approximate surface area is 104 Å². The molecule has 0 bridgehead atoms. The van der Waals surface area contributed by atoms with E-state index in [1.165, 1.54) is 12.8 Å². The highest BCUT2D eigenvalue weighted by Crippen LogP contribution is 2.40. The molecular formula is C12H15N3OS. The van der Waals surface area contributed by atoms with E-state index in [-0.39, 0.29) is 5.41 Å². The van der Waals surface area contributed by atoms with Crippen molar-refractivity contribution in [1.82, 2.24) is 10.1 Å². The lowest BCUT2D eigenvalue weighted by atomic mass is 9.86. The van der Waals surface area contributed by atoms with E-state index in [1.54, 1.807) is 11.3 Å². The summed E-state index contributed by atoms with van der Waals surface area (Å²) in [6.45, 7) is 0.596. The summed E-state index contributed by atoms with van der Waals surface area (Å²) in [5.74, 6) is 1.41. The van der Waals surface area contributed by atoms with Crippen molar-refractivity contribution in [3.8, 4) is 10.7 Å². The van der Waals surface area contributed by atoms with Gasteiger partial charge in [-0.3, -0.25) is 0 Å². The molecule has 2 aromatic heterocycles. The van der Waals surface area contributed by atoms with E-state index in [0.29, 0.717) is 12.4 Å². The number of nitrogens with zero attached hydrogens (tertiary/aromatic N) is 2. The standard InChI is InChI=1S/C12H15N3OS/c13-8-12(5-1-2-6-12)11-14-10(15-16-11)9-4-3-7-17-9/h3-4,7H,1-2,5-6,8,13H2. The van der Waals surface area contributed by atoms with Crippen LogP contribution in [0.2, 0.25) is 0 Å². The molecule has 2 N–H and O–H groups in total. The second-order valence-electron chi connectivity index (χ2n) is 4.59. The van der Waals surface area contributed by atoms with E-state index in [2.05, 4.69) is 10.1 Å². The van der Waals surface area contributed by atoms with Gasteiger partial charge in [-0.1, -0.05) is 24.1 Å². The highest BCUT2D eigenvalue weighted by atomic mass is 32.1. The predicted octanol–water partition coefficient (Wildman–Crippen LogP) is 2.57. The monoisotopic (exact) mass is 249 g/mol. The van der Waals surface area contributed by atoms with Gasteiger partial charge in [0.15, 0.2) is 0 Å². The van der Waals surface area contributed by atoms with Crippen molar-refractivity contribution in [2.45, 2.75) is 31.1 Å². The first-order valence-corrected chi connectivity index (χ1v) is 6.80. The molecule has 0 saturated heterocycles. The molecule has 0 aromatic carbocycles. The average molecular weight is 249 g/mol. The van der Waals surface area contributed by atoms with Gasteiger partial charge in [0, 0.05) is 6.54 Å². The van der Waals surface area contributed by atoms with Crippen molar-refractivity contribution in [3.05, 3.63) is 23.4 Å². The topological polar surface area (TPSA) is 64.9 Å². The summed E-state index contributed by atoms with van der Waals surface area (Å²) in [6, 6.07) is 3.99. The third-order valence-electron chi connectivity index (χ3n) is 3.57. The van der Waals surface area contributed by atoms with E-state index in [1.807, 2.05) is 17.5 Å². The predicted molar refractivity (Wildman–Crippen MR) is 66.8 cm³/mol. The average Bonchev–Trinajstić information content (AvgIpc) is 3.10. The van der Waals surface area contributed by atoms with Gasteiger partial charge in [-0.15, -0.1) is 11.3 Å². The van der Waals surface area contributed by atoms with E-state index < -0.39 is 0 Å². The zero-order chi connectivity index (χ0) is 11.7. The normalized spacial score (nSPS) is 18.6. The molecule has 0 radical (unpaired) electrons. The van der Waals surface area contributed by atoms with Gasteiger partial charge < -0.3 is 10.3 Å². The third kappa shape index (κ3) is 1.79. The number of thiophene rings is 1. The first kappa shape index (κ1) is 10.9. The summed E-state index contributed by atoms with van der Waals surface area (Å²) < 4.78 is 5.43. The summed E-state index contributed by atoms with van der Waals surface area (Å²) in [5, 5.41) is 6.08. The third-order valence-corrected chi connectivity index (χ3v) is 4.44. The first-order chi connectivity index (χ1) is 8.34. The highest BCUT2D eigenvalue weighted by Gasteiger charge is 2.39. The molecule has 4 nitrogen and oxygen atoms in total. The maximum atomic E-state index is 5.90. The Morgan fingerprint density at radius 3 is 2.88 bits per heavy atom. The van der Waals surface area contributed by atoms with E-state index >= 15 is 0 Å². The molecular weight excluding hydrogens is 234 g/mol. The fourth-order valence-corrected chi connectivity index (χ4v) is 3.15. The van der Waals surface area contributed by atoms with Gasteiger partial charge in [-0.05, 0) is 24.3 Å². The summed E-state index contributed by atoms with van der Waals surface area (Å²) in [6.07, 6.45) is 4.53. The van der Waals surface area contributed by atoms with Crippen molar-refractivity contribution in [3.63, 3.8) is 0 Å². The SMILES string of the molecule is NCC1(c2nc(-c3cccs3)no2)CCCC1. The van der Waals surface area contributed by atoms with Gasteiger partial charge in [0.2, 0.25) is 11.7 Å². The van der Waals surface area contributed by atoms with Crippen molar-refractivity contribution < 1.29 is 4.52 Å². The zero-order valence-corrected chi connectivity index (χ0v) is 10.4. The molecule has 17 heavy (non-hydrogen) atoms. The fourth-order valence-electron chi connectivity index (χ4n) is 2.50. The van der Waals surface area contributed by atoms with Gasteiger partial charge in [0.05, 0.1) is 10.3 Å². The van der Waals surface area contributed by atoms with Crippen molar-refractivity contribution >= 4 is 11.3 Å². The summed E-state index contributed by atoms with van der Waals surface area (Å²) in [7, 11) is 0. The van der Waals surface area contributed by atoms with Gasteiger partial charge in [-0.2, -0.15) is 4.98 Å². The fraction of sp³-hybridized carbons (Fsp3) is 0.500. The minimum absolute atomic E-state index is 0.0670. The molecule has 1 fully saturated rings. The summed E-state index contributed by atoms with van der Waals surface area (Å²) in [4.78, 5) is 5.58. The number of nitrogens with two attached hydrogens (primary N) is 1. The van der Waals surface area contributed by atoms with Crippen LogP contribution in [0.25, 0.3) is 10.7 Å². The Morgan fingerprint density at radius 2 is 2.24 bits per heavy atom. The van der Waals surface area contributed by atoms with Gasteiger partial charge in [0.25, 0.3) is 0 Å². The minimum atomic E-state index is -0.0670. The van der Waals surface area contributed by atoms with Crippen molar-refractivity contribution in [1.29, 1.82) is 0 Å². The van der Waals surface area contributed by atoms with E-state index in [9.17, 15) is 0 Å². The number of hydrogen-bond donors (Lipinski definition) is 1. The molecule has 0 atom stereocenters. The van der Waals surface area contributed by atoms with Crippen LogP contribution in [0.4, 0.5) is 0 Å². The molecule has 90 valence electrons. The van der Waals surface area contributed by atoms with Crippen LogP contribution >= 0.6 is 11.3 Å². The summed E-state index contributed by atoms with van der Waals surface area (Å²) >= 11 is 1.62. The lowest BCUT2D eigenvalue weighted by Crippen LogP contribution is -2.32. The molecule has 5 heteroatoms. The molecule has 3 rings (SSSR count). The Bertz CT molecular complexity index is 486. The summed E-state index contributed by atoms with van der Waals surface area (Å²) in [5.41, 5.74) is 5.84. The van der Waals surface area contributed by atoms with Crippen LogP contribution in [0.3, 0.4) is 0 Å². The number of hydrogen-bond acceptors (Lipinski definition) is 5. The number of aromatic nitrogens is 2. The Kier molecular flexibility index (Phi) is 2.72. The largest absolute Gasteiger partial charge is 0.338 e. The molecule has 0 spiro atoms. The van der Waals surface area contributed by atoms with Crippen LogP contribution in [0.15, 0.2) is 22.0 Å². The van der Waals surface area contributed by atoms with Crippen LogP contribution < -0.4 is 5.73 Å².